The number of aryl methyl sites for hydroxylation is 1. The molecule has 6 nitrogen and oxygen atoms in total. The highest BCUT2D eigenvalue weighted by Crippen LogP contribution is 2.23. The van der Waals surface area contributed by atoms with E-state index in [1.807, 2.05) is 30.4 Å². The lowest BCUT2D eigenvalue weighted by molar-refractivity contribution is -0.119. The van der Waals surface area contributed by atoms with Crippen LogP contribution in [0.25, 0.3) is 11.1 Å². The molecule has 1 aromatic heterocycles. The van der Waals surface area contributed by atoms with Gasteiger partial charge < -0.3 is 4.74 Å². The summed E-state index contributed by atoms with van der Waals surface area (Å²) < 4.78 is 20.5. The SMILES string of the molecule is Cn1cc(-c2c[c]cc(OCCC(=O)CNN3CCC(F)CC3)c2)cn1. The van der Waals surface area contributed by atoms with Gasteiger partial charge in [-0.25, -0.2) is 14.8 Å². The van der Waals surface area contributed by atoms with Gasteiger partial charge in [0.25, 0.3) is 0 Å². The standard InChI is InChI=1S/C19H24FN4O2/c1-23-14-16(12-21-23)15-3-2-4-19(11-15)26-10-7-18(25)13-22-24-8-5-17(20)6-9-24/h3-4,11-12,14,17,22H,5-10,13H2,1H3. The van der Waals surface area contributed by atoms with E-state index in [1.54, 1.807) is 16.9 Å². The summed E-state index contributed by atoms with van der Waals surface area (Å²) in [5.41, 5.74) is 5.03. The van der Waals surface area contributed by atoms with Gasteiger partial charge in [-0.2, -0.15) is 5.10 Å². The zero-order valence-corrected chi connectivity index (χ0v) is 14.9. The van der Waals surface area contributed by atoms with Gasteiger partial charge in [0, 0.05) is 38.3 Å². The number of hydrazine groups is 1. The number of rotatable bonds is 8. The lowest BCUT2D eigenvalue weighted by Gasteiger charge is -2.28. The number of ether oxygens (including phenoxy) is 1. The molecule has 0 saturated carbocycles. The highest BCUT2D eigenvalue weighted by molar-refractivity contribution is 5.80. The van der Waals surface area contributed by atoms with Gasteiger partial charge in [0.15, 0.2) is 5.78 Å². The van der Waals surface area contributed by atoms with Crippen molar-refractivity contribution in [2.24, 2.45) is 7.05 Å². The van der Waals surface area contributed by atoms with Crippen LogP contribution in [-0.4, -0.2) is 53.0 Å². The number of piperidine rings is 1. The van der Waals surface area contributed by atoms with Crippen molar-refractivity contribution < 1.29 is 13.9 Å². The number of nitrogens with one attached hydrogen (secondary N) is 1. The van der Waals surface area contributed by atoms with E-state index in [0.29, 0.717) is 44.7 Å². The van der Waals surface area contributed by atoms with Crippen molar-refractivity contribution in [2.45, 2.75) is 25.4 Å². The van der Waals surface area contributed by atoms with Crippen molar-refractivity contribution in [3.63, 3.8) is 0 Å². The maximum atomic E-state index is 13.1. The van der Waals surface area contributed by atoms with Crippen LogP contribution < -0.4 is 10.2 Å². The number of Topliss-reactive ketones (excluding diaryl/α,β-unsaturated/α-hetero) is 1. The molecule has 1 aliphatic heterocycles. The second-order valence-corrected chi connectivity index (χ2v) is 6.49. The number of benzene rings is 1. The van der Waals surface area contributed by atoms with Gasteiger partial charge in [0.2, 0.25) is 0 Å². The fourth-order valence-corrected chi connectivity index (χ4v) is 2.85. The van der Waals surface area contributed by atoms with E-state index in [9.17, 15) is 9.18 Å². The van der Waals surface area contributed by atoms with Gasteiger partial charge in [-0.1, -0.05) is 0 Å². The molecule has 0 aliphatic carbocycles. The van der Waals surface area contributed by atoms with Gasteiger partial charge in [0.05, 0.1) is 19.3 Å². The number of carbonyl (C=O) groups is 1. The third-order valence-corrected chi connectivity index (χ3v) is 4.37. The normalized spacial score (nSPS) is 15.9. The molecule has 1 saturated heterocycles. The summed E-state index contributed by atoms with van der Waals surface area (Å²) in [7, 11) is 1.87. The monoisotopic (exact) mass is 359 g/mol. The molecule has 1 radical (unpaired) electrons. The van der Waals surface area contributed by atoms with Gasteiger partial charge in [0.1, 0.15) is 11.9 Å². The Labute approximate surface area is 152 Å². The van der Waals surface area contributed by atoms with Crippen LogP contribution >= 0.6 is 0 Å². The van der Waals surface area contributed by atoms with E-state index in [4.69, 9.17) is 4.74 Å². The van der Waals surface area contributed by atoms with Crippen LogP contribution in [0.2, 0.25) is 0 Å². The summed E-state index contributed by atoms with van der Waals surface area (Å²) in [6, 6.07) is 8.59. The van der Waals surface area contributed by atoms with Crippen LogP contribution in [0.3, 0.4) is 0 Å². The van der Waals surface area contributed by atoms with Crippen molar-refractivity contribution in [2.75, 3.05) is 26.2 Å². The molecule has 1 fully saturated rings. The van der Waals surface area contributed by atoms with E-state index >= 15 is 0 Å². The number of carbonyl (C=O) groups excluding carboxylic acids is 1. The summed E-state index contributed by atoms with van der Waals surface area (Å²) in [5, 5.41) is 6.07. The Morgan fingerprint density at radius 1 is 1.38 bits per heavy atom. The zero-order valence-electron chi connectivity index (χ0n) is 14.9. The van der Waals surface area contributed by atoms with E-state index in [-0.39, 0.29) is 12.3 Å². The Bertz CT molecular complexity index is 726. The summed E-state index contributed by atoms with van der Waals surface area (Å²) in [4.78, 5) is 12.0. The lowest BCUT2D eigenvalue weighted by Crippen LogP contribution is -2.46. The highest BCUT2D eigenvalue weighted by atomic mass is 19.1. The minimum absolute atomic E-state index is 0.0692. The van der Waals surface area contributed by atoms with Crippen molar-refractivity contribution in [1.29, 1.82) is 0 Å². The van der Waals surface area contributed by atoms with E-state index < -0.39 is 6.17 Å². The van der Waals surface area contributed by atoms with Crippen LogP contribution in [-0.2, 0) is 11.8 Å². The molecular formula is C19H24FN4O2. The molecule has 26 heavy (non-hydrogen) atoms. The Hall–Kier alpha value is -2.25. The molecule has 7 heteroatoms. The molecular weight excluding hydrogens is 335 g/mol. The first kappa shape index (κ1) is 18.5. The van der Waals surface area contributed by atoms with Crippen molar-refractivity contribution in [3.05, 3.63) is 36.7 Å². The van der Waals surface area contributed by atoms with E-state index in [1.165, 1.54) is 0 Å². The lowest BCUT2D eigenvalue weighted by atomic mass is 10.1. The van der Waals surface area contributed by atoms with E-state index in [0.717, 1.165) is 11.1 Å². The minimum atomic E-state index is -0.712. The fourth-order valence-electron chi connectivity index (χ4n) is 2.85. The number of halogens is 1. The van der Waals surface area contributed by atoms with Crippen LogP contribution in [0.4, 0.5) is 4.39 Å². The van der Waals surface area contributed by atoms with Gasteiger partial charge in [-0.05, 0) is 42.7 Å². The first-order valence-corrected chi connectivity index (χ1v) is 8.87. The molecule has 0 spiro atoms. The van der Waals surface area contributed by atoms with Crippen molar-refractivity contribution in [3.8, 4) is 16.9 Å². The first-order chi connectivity index (χ1) is 12.6. The van der Waals surface area contributed by atoms with Gasteiger partial charge in [-0.15, -0.1) is 0 Å². The molecule has 0 unspecified atom stereocenters. The van der Waals surface area contributed by atoms with Crippen LogP contribution in [0.5, 0.6) is 5.75 Å². The molecule has 139 valence electrons. The molecule has 2 aromatic rings. The minimum Gasteiger partial charge on any atom is -0.493 e. The number of alkyl halides is 1. The molecule has 1 N–H and O–H groups in total. The zero-order chi connectivity index (χ0) is 18.4. The molecule has 0 amide bonds. The summed E-state index contributed by atoms with van der Waals surface area (Å²) in [6.07, 6.45) is 4.37. The van der Waals surface area contributed by atoms with Gasteiger partial charge in [-0.3, -0.25) is 9.48 Å². The van der Waals surface area contributed by atoms with Crippen molar-refractivity contribution >= 4 is 5.78 Å². The largest absolute Gasteiger partial charge is 0.493 e. The first-order valence-electron chi connectivity index (χ1n) is 8.87. The van der Waals surface area contributed by atoms with Gasteiger partial charge >= 0.3 is 0 Å². The predicted molar refractivity (Wildman–Crippen MR) is 96.3 cm³/mol. The molecule has 0 bridgehead atoms. The second-order valence-electron chi connectivity index (χ2n) is 6.49. The Kier molecular flexibility index (Phi) is 6.35. The van der Waals surface area contributed by atoms with Crippen LogP contribution in [0.15, 0.2) is 30.6 Å². The smallest absolute Gasteiger partial charge is 0.151 e. The summed E-state index contributed by atoms with van der Waals surface area (Å²) >= 11 is 0. The average molecular weight is 359 g/mol. The Morgan fingerprint density at radius 3 is 2.92 bits per heavy atom. The average Bonchev–Trinajstić information content (AvgIpc) is 3.08. The quantitative estimate of drug-likeness (QED) is 0.783. The third-order valence-electron chi connectivity index (χ3n) is 4.37. The van der Waals surface area contributed by atoms with Crippen LogP contribution in [0.1, 0.15) is 19.3 Å². The molecule has 1 aromatic carbocycles. The third kappa shape index (κ3) is 5.37. The molecule has 1 aliphatic rings. The molecule has 3 rings (SSSR count). The molecule has 0 atom stereocenters. The number of ketones is 1. The summed E-state index contributed by atoms with van der Waals surface area (Å²) in [5.74, 6) is 0.747. The number of aromatic nitrogens is 2. The predicted octanol–water partition coefficient (Wildman–Crippen LogP) is 2.16. The maximum Gasteiger partial charge on any atom is 0.151 e. The van der Waals surface area contributed by atoms with E-state index in [2.05, 4.69) is 16.6 Å². The molecule has 2 heterocycles. The maximum absolute atomic E-state index is 13.1. The second kappa shape index (κ2) is 8.91. The topological polar surface area (TPSA) is 59.4 Å². The number of hydrogen-bond donors (Lipinski definition) is 1. The van der Waals surface area contributed by atoms with Crippen molar-refractivity contribution in [1.82, 2.24) is 20.2 Å². The summed E-state index contributed by atoms with van der Waals surface area (Å²) in [6.45, 7) is 1.85. The Morgan fingerprint density at radius 2 is 2.19 bits per heavy atom. The fraction of sp³-hybridized carbons (Fsp3) is 0.474. The number of nitrogens with zero attached hydrogens (tertiary/aromatic N) is 3. The number of hydrogen-bond acceptors (Lipinski definition) is 5. The highest BCUT2D eigenvalue weighted by Gasteiger charge is 2.18. The Balaban J connectivity index is 1.40. The van der Waals surface area contributed by atoms with Crippen LogP contribution in [0, 0.1) is 6.07 Å².